The van der Waals surface area contributed by atoms with Crippen LogP contribution < -0.4 is 0 Å². The number of carboxylic acid groups (broad SMARTS) is 1. The highest BCUT2D eigenvalue weighted by Gasteiger charge is 2.31. The van der Waals surface area contributed by atoms with Crippen LogP contribution in [-0.4, -0.2) is 32.7 Å². The molecule has 0 radical (unpaired) electrons. The molecule has 1 N–H and O–H groups in total. The summed E-state index contributed by atoms with van der Waals surface area (Å²) >= 11 is 12.4. The van der Waals surface area contributed by atoms with Crippen molar-refractivity contribution < 1.29 is 19.1 Å². The predicted octanol–water partition coefficient (Wildman–Crippen LogP) is 4.91. The van der Waals surface area contributed by atoms with Crippen LogP contribution in [0.1, 0.15) is 29.5 Å². The van der Waals surface area contributed by atoms with Crippen LogP contribution in [0.3, 0.4) is 0 Å². The molecule has 1 fully saturated rings. The fraction of sp³-hybridized carbons (Fsp3) is 0.167. The van der Waals surface area contributed by atoms with E-state index in [1.807, 2.05) is 6.92 Å². The molecule has 0 saturated carbocycles. The quantitative estimate of drug-likeness (QED) is 0.561. The van der Waals surface area contributed by atoms with Crippen LogP contribution in [0.4, 0.5) is 0 Å². The molecule has 0 aliphatic carbocycles. The summed E-state index contributed by atoms with van der Waals surface area (Å²) in [7, 11) is 0. The van der Waals surface area contributed by atoms with E-state index >= 15 is 0 Å². The van der Waals surface area contributed by atoms with Crippen molar-refractivity contribution in [3.63, 3.8) is 0 Å². The lowest BCUT2D eigenvalue weighted by atomic mass is 10.1. The summed E-state index contributed by atoms with van der Waals surface area (Å²) in [5.74, 6) is -0.258. The lowest BCUT2D eigenvalue weighted by Crippen LogP contribution is -2.28. The van der Waals surface area contributed by atoms with E-state index in [1.54, 1.807) is 29.2 Å². The minimum Gasteiger partial charge on any atom is -0.478 e. The Balaban J connectivity index is 1.87. The number of nitrogens with zero attached hydrogens (tertiary/aromatic N) is 1. The standard InChI is InChI=1S/C18H14ClNO4S2/c1-2-7-20-16(21)15(26-18(20)25)9-11-4-6-14(24-11)10-3-5-13(19)12(8-10)17(22)23/h3-6,8-9H,2,7H2,1H3,(H,22,23). The first-order valence-electron chi connectivity index (χ1n) is 7.79. The summed E-state index contributed by atoms with van der Waals surface area (Å²) in [5, 5.41) is 9.33. The molecule has 1 amide bonds. The highest BCUT2D eigenvalue weighted by atomic mass is 35.5. The van der Waals surface area contributed by atoms with Gasteiger partial charge < -0.3 is 9.52 Å². The van der Waals surface area contributed by atoms with Gasteiger partial charge in [0.2, 0.25) is 0 Å². The molecule has 2 heterocycles. The summed E-state index contributed by atoms with van der Waals surface area (Å²) in [4.78, 5) is 25.7. The molecule has 0 bridgehead atoms. The van der Waals surface area contributed by atoms with Gasteiger partial charge in [-0.3, -0.25) is 9.69 Å². The largest absolute Gasteiger partial charge is 0.478 e. The monoisotopic (exact) mass is 407 g/mol. The number of aromatic carboxylic acids is 1. The second kappa shape index (κ2) is 7.65. The number of carboxylic acids is 1. The molecule has 8 heteroatoms. The Hall–Kier alpha value is -2.09. The van der Waals surface area contributed by atoms with Gasteiger partial charge in [0.15, 0.2) is 0 Å². The fourth-order valence-electron chi connectivity index (χ4n) is 2.47. The number of thiocarbonyl (C=S) groups is 1. The molecule has 2 aromatic rings. The van der Waals surface area contributed by atoms with E-state index < -0.39 is 5.97 Å². The number of halogens is 1. The Kier molecular flexibility index (Phi) is 5.50. The van der Waals surface area contributed by atoms with Crippen molar-refractivity contribution in [1.82, 2.24) is 4.90 Å². The Bertz CT molecular complexity index is 935. The maximum absolute atomic E-state index is 12.4. The number of hydrogen-bond acceptors (Lipinski definition) is 5. The Morgan fingerprint density at radius 2 is 2.15 bits per heavy atom. The maximum Gasteiger partial charge on any atom is 0.337 e. The van der Waals surface area contributed by atoms with Crippen LogP contribution >= 0.6 is 35.6 Å². The van der Waals surface area contributed by atoms with Crippen molar-refractivity contribution in [2.45, 2.75) is 13.3 Å². The minimum absolute atomic E-state index is 0.00236. The lowest BCUT2D eigenvalue weighted by Gasteiger charge is -2.11. The molecule has 1 aliphatic rings. The van der Waals surface area contributed by atoms with Crippen molar-refractivity contribution in [3.05, 3.63) is 51.6 Å². The summed E-state index contributed by atoms with van der Waals surface area (Å²) < 4.78 is 6.29. The van der Waals surface area contributed by atoms with Gasteiger partial charge in [0.1, 0.15) is 15.8 Å². The van der Waals surface area contributed by atoms with Crippen LogP contribution in [0, 0.1) is 0 Å². The minimum atomic E-state index is -1.11. The van der Waals surface area contributed by atoms with Gasteiger partial charge >= 0.3 is 5.97 Å². The van der Waals surface area contributed by atoms with Crippen LogP contribution in [0.25, 0.3) is 17.4 Å². The first-order valence-corrected chi connectivity index (χ1v) is 9.39. The zero-order valence-electron chi connectivity index (χ0n) is 13.7. The number of thioether (sulfide) groups is 1. The molecule has 134 valence electrons. The summed E-state index contributed by atoms with van der Waals surface area (Å²) in [6, 6.07) is 8.08. The van der Waals surface area contributed by atoms with Gasteiger partial charge in [-0.15, -0.1) is 0 Å². The molecule has 0 unspecified atom stereocenters. The van der Waals surface area contributed by atoms with Gasteiger partial charge in [-0.25, -0.2) is 4.79 Å². The van der Waals surface area contributed by atoms with Crippen molar-refractivity contribution in [2.24, 2.45) is 0 Å². The number of hydrogen-bond donors (Lipinski definition) is 1. The number of rotatable bonds is 5. The number of carbonyl (C=O) groups excluding carboxylic acids is 1. The van der Waals surface area contributed by atoms with E-state index in [2.05, 4.69) is 0 Å². The third-order valence-corrected chi connectivity index (χ3v) is 5.41. The van der Waals surface area contributed by atoms with E-state index in [0.29, 0.717) is 32.9 Å². The van der Waals surface area contributed by atoms with E-state index in [9.17, 15) is 14.7 Å². The topological polar surface area (TPSA) is 70.8 Å². The SMILES string of the molecule is CCCN1C(=O)C(=Cc2ccc(-c3ccc(Cl)c(C(=O)O)c3)o2)SC1=S. The molecule has 0 spiro atoms. The van der Waals surface area contributed by atoms with Crippen molar-refractivity contribution in [2.75, 3.05) is 6.54 Å². The zero-order valence-corrected chi connectivity index (χ0v) is 16.1. The lowest BCUT2D eigenvalue weighted by molar-refractivity contribution is -0.122. The average Bonchev–Trinajstić information content (AvgIpc) is 3.16. The Morgan fingerprint density at radius 1 is 1.38 bits per heavy atom. The van der Waals surface area contributed by atoms with E-state index in [0.717, 1.165) is 6.42 Å². The predicted molar refractivity (Wildman–Crippen MR) is 106 cm³/mol. The van der Waals surface area contributed by atoms with E-state index in [-0.39, 0.29) is 16.5 Å². The van der Waals surface area contributed by atoms with Crippen LogP contribution in [0.5, 0.6) is 0 Å². The molecule has 1 aromatic heterocycles. The molecule has 3 rings (SSSR count). The Morgan fingerprint density at radius 3 is 2.85 bits per heavy atom. The van der Waals surface area contributed by atoms with Crippen molar-refractivity contribution in [3.8, 4) is 11.3 Å². The van der Waals surface area contributed by atoms with E-state index in [1.165, 1.54) is 23.9 Å². The molecule has 1 aromatic carbocycles. The number of benzene rings is 1. The molecule has 1 saturated heterocycles. The molecule has 5 nitrogen and oxygen atoms in total. The smallest absolute Gasteiger partial charge is 0.337 e. The van der Waals surface area contributed by atoms with Gasteiger partial charge in [0.05, 0.1) is 15.5 Å². The highest BCUT2D eigenvalue weighted by Crippen LogP contribution is 2.34. The highest BCUT2D eigenvalue weighted by molar-refractivity contribution is 8.26. The third kappa shape index (κ3) is 3.70. The normalized spacial score (nSPS) is 15.9. The van der Waals surface area contributed by atoms with Crippen LogP contribution in [0.2, 0.25) is 5.02 Å². The number of carbonyl (C=O) groups is 2. The molecule has 0 atom stereocenters. The van der Waals surface area contributed by atoms with Gasteiger partial charge in [-0.05, 0) is 36.8 Å². The first kappa shape index (κ1) is 18.7. The zero-order chi connectivity index (χ0) is 18.8. The van der Waals surface area contributed by atoms with Crippen LogP contribution in [0.15, 0.2) is 39.7 Å². The van der Waals surface area contributed by atoms with E-state index in [4.69, 9.17) is 28.2 Å². The van der Waals surface area contributed by atoms with Crippen LogP contribution in [-0.2, 0) is 4.79 Å². The van der Waals surface area contributed by atoms with Crippen molar-refractivity contribution >= 4 is 57.9 Å². The van der Waals surface area contributed by atoms with Crippen molar-refractivity contribution in [1.29, 1.82) is 0 Å². The number of amides is 1. The fourth-order valence-corrected chi connectivity index (χ4v) is 3.96. The first-order chi connectivity index (χ1) is 12.4. The second-order valence-electron chi connectivity index (χ2n) is 5.54. The van der Waals surface area contributed by atoms with Gasteiger partial charge in [0.25, 0.3) is 5.91 Å². The van der Waals surface area contributed by atoms with Gasteiger partial charge in [0, 0.05) is 18.2 Å². The average molecular weight is 408 g/mol. The molecular weight excluding hydrogens is 394 g/mol. The maximum atomic E-state index is 12.4. The third-order valence-electron chi connectivity index (χ3n) is 3.70. The molecule has 26 heavy (non-hydrogen) atoms. The summed E-state index contributed by atoms with van der Waals surface area (Å²) in [6.07, 6.45) is 2.47. The second-order valence-corrected chi connectivity index (χ2v) is 7.62. The van der Waals surface area contributed by atoms with Gasteiger partial charge in [-0.2, -0.15) is 0 Å². The Labute approximate surface area is 164 Å². The molecular formula is C18H14ClNO4S2. The summed E-state index contributed by atoms with van der Waals surface area (Å²) in [6.45, 7) is 2.58. The molecule has 1 aliphatic heterocycles. The van der Waals surface area contributed by atoms with Gasteiger partial charge in [-0.1, -0.05) is 42.5 Å². The summed E-state index contributed by atoms with van der Waals surface area (Å²) in [5.41, 5.74) is 0.590. The number of furan rings is 1.